The number of aliphatic hydroxyl groups excluding tert-OH is 2. The van der Waals surface area contributed by atoms with Gasteiger partial charge < -0.3 is 15.9 Å². The van der Waals surface area contributed by atoms with Crippen LogP contribution in [-0.4, -0.2) is 22.2 Å². The Hall–Kier alpha value is -0.610. The van der Waals surface area contributed by atoms with Crippen LogP contribution in [0.1, 0.15) is 23.7 Å². The molecule has 1 aromatic carbocycles. The summed E-state index contributed by atoms with van der Waals surface area (Å²) in [6, 6.07) is 7.27. The molecule has 0 saturated carbocycles. The average Bonchev–Trinajstić information content (AvgIpc) is 2.28. The summed E-state index contributed by atoms with van der Waals surface area (Å²) < 4.78 is 0. The molecular weight excluding hydrogens is 214 g/mol. The lowest BCUT2D eigenvalue weighted by Crippen LogP contribution is -2.20. The topological polar surface area (TPSA) is 66.5 Å². The molecule has 0 fully saturated rings. The normalized spacial score (nSPS) is 14.9. The minimum atomic E-state index is -0.913. The molecule has 2 unspecified atom stereocenters. The number of benzene rings is 1. The van der Waals surface area contributed by atoms with Crippen LogP contribution < -0.4 is 5.73 Å². The number of hydrogen-bond donors (Lipinski definition) is 3. The summed E-state index contributed by atoms with van der Waals surface area (Å²) in [5.74, 6) is 0.322. The van der Waals surface area contributed by atoms with Gasteiger partial charge in [0.2, 0.25) is 0 Å². The van der Waals surface area contributed by atoms with Crippen molar-refractivity contribution in [2.24, 2.45) is 5.73 Å². The first-order valence-corrected chi connectivity index (χ1v) is 5.44. The number of nitrogens with two attached hydrogens (primary N) is 1. The van der Waals surface area contributed by atoms with Crippen LogP contribution in [0.5, 0.6) is 0 Å². The summed E-state index contributed by atoms with van der Waals surface area (Å²) in [6.45, 7) is 0.348. The first kappa shape index (κ1) is 12.5. The lowest BCUT2D eigenvalue weighted by molar-refractivity contribution is 0.0165. The highest BCUT2D eigenvalue weighted by Gasteiger charge is 2.19. The van der Waals surface area contributed by atoms with Crippen LogP contribution in [-0.2, 0) is 6.54 Å². The molecule has 0 amide bonds. The highest BCUT2D eigenvalue weighted by atomic mass is 35.5. The van der Waals surface area contributed by atoms with Gasteiger partial charge in [-0.2, -0.15) is 0 Å². The van der Waals surface area contributed by atoms with Crippen molar-refractivity contribution >= 4 is 11.6 Å². The molecule has 0 aliphatic carbocycles. The molecule has 1 aromatic rings. The molecule has 4 heteroatoms. The molecule has 3 nitrogen and oxygen atoms in total. The Balaban J connectivity index is 2.84. The summed E-state index contributed by atoms with van der Waals surface area (Å²) in [5.41, 5.74) is 7.07. The molecule has 0 saturated heterocycles. The van der Waals surface area contributed by atoms with Crippen molar-refractivity contribution in [3.05, 3.63) is 35.4 Å². The van der Waals surface area contributed by atoms with Gasteiger partial charge in [0.25, 0.3) is 0 Å². The Morgan fingerprint density at radius 2 is 1.93 bits per heavy atom. The highest BCUT2D eigenvalue weighted by Crippen LogP contribution is 2.22. The first-order valence-electron chi connectivity index (χ1n) is 4.90. The summed E-state index contributed by atoms with van der Waals surface area (Å²) in [6.07, 6.45) is -1.39. The molecule has 15 heavy (non-hydrogen) atoms. The number of rotatable bonds is 5. The lowest BCUT2D eigenvalue weighted by Gasteiger charge is -2.19. The van der Waals surface area contributed by atoms with Crippen molar-refractivity contribution < 1.29 is 10.2 Å². The van der Waals surface area contributed by atoms with E-state index in [4.69, 9.17) is 17.3 Å². The van der Waals surface area contributed by atoms with Crippen LogP contribution in [0.4, 0.5) is 0 Å². The van der Waals surface area contributed by atoms with Crippen LogP contribution in [0.25, 0.3) is 0 Å². The quantitative estimate of drug-likeness (QED) is 0.664. The van der Waals surface area contributed by atoms with Crippen molar-refractivity contribution in [2.75, 3.05) is 5.88 Å². The second-order valence-corrected chi connectivity index (χ2v) is 3.77. The molecule has 0 aliphatic heterocycles. The number of alkyl halides is 1. The Morgan fingerprint density at radius 1 is 1.27 bits per heavy atom. The Kier molecular flexibility index (Phi) is 5.05. The van der Waals surface area contributed by atoms with Crippen LogP contribution in [0.2, 0.25) is 0 Å². The lowest BCUT2D eigenvalue weighted by atomic mass is 9.97. The number of halogens is 1. The Bertz CT molecular complexity index is 306. The molecular formula is C11H16ClNO2. The van der Waals surface area contributed by atoms with E-state index in [1.54, 1.807) is 6.07 Å². The van der Waals surface area contributed by atoms with E-state index in [1.807, 2.05) is 18.2 Å². The van der Waals surface area contributed by atoms with Gasteiger partial charge in [-0.1, -0.05) is 24.3 Å². The van der Waals surface area contributed by atoms with E-state index in [0.717, 1.165) is 5.56 Å². The highest BCUT2D eigenvalue weighted by molar-refractivity contribution is 6.17. The summed E-state index contributed by atoms with van der Waals surface area (Å²) in [5, 5.41) is 19.5. The first-order chi connectivity index (χ1) is 7.20. The zero-order chi connectivity index (χ0) is 11.3. The van der Waals surface area contributed by atoms with Crippen LogP contribution >= 0.6 is 11.6 Å². The zero-order valence-corrected chi connectivity index (χ0v) is 9.19. The second kappa shape index (κ2) is 6.08. The van der Waals surface area contributed by atoms with Gasteiger partial charge in [-0.05, 0) is 17.5 Å². The van der Waals surface area contributed by atoms with E-state index in [0.29, 0.717) is 24.4 Å². The molecule has 0 spiro atoms. The molecule has 0 aromatic heterocycles. The minimum Gasteiger partial charge on any atom is -0.390 e. The molecule has 0 bridgehead atoms. The van der Waals surface area contributed by atoms with Gasteiger partial charge in [-0.15, -0.1) is 11.6 Å². The van der Waals surface area contributed by atoms with E-state index in [9.17, 15) is 10.2 Å². The third-order valence-corrected chi connectivity index (χ3v) is 2.58. The van der Waals surface area contributed by atoms with Gasteiger partial charge in [0.1, 0.15) is 6.10 Å². The van der Waals surface area contributed by atoms with E-state index in [2.05, 4.69) is 0 Å². The van der Waals surface area contributed by atoms with Gasteiger partial charge in [0.05, 0.1) is 6.10 Å². The van der Waals surface area contributed by atoms with Crippen molar-refractivity contribution in [1.82, 2.24) is 0 Å². The van der Waals surface area contributed by atoms with Gasteiger partial charge in [-0.3, -0.25) is 0 Å². The summed E-state index contributed by atoms with van der Waals surface area (Å²) in [4.78, 5) is 0. The van der Waals surface area contributed by atoms with Crippen LogP contribution in [0.3, 0.4) is 0 Å². The van der Waals surface area contributed by atoms with E-state index < -0.39 is 12.2 Å². The van der Waals surface area contributed by atoms with E-state index in [-0.39, 0.29) is 0 Å². The molecule has 4 N–H and O–H groups in total. The third-order valence-electron chi connectivity index (χ3n) is 2.36. The summed E-state index contributed by atoms with van der Waals surface area (Å²) in [7, 11) is 0. The molecule has 0 heterocycles. The van der Waals surface area contributed by atoms with Crippen molar-refractivity contribution in [2.45, 2.75) is 25.2 Å². The Morgan fingerprint density at radius 3 is 2.53 bits per heavy atom. The van der Waals surface area contributed by atoms with Crippen molar-refractivity contribution in [1.29, 1.82) is 0 Å². The van der Waals surface area contributed by atoms with Gasteiger partial charge in [0, 0.05) is 12.4 Å². The fourth-order valence-electron chi connectivity index (χ4n) is 1.49. The van der Waals surface area contributed by atoms with Crippen molar-refractivity contribution in [3.63, 3.8) is 0 Å². The fraction of sp³-hybridized carbons (Fsp3) is 0.455. The van der Waals surface area contributed by atoms with E-state index in [1.165, 1.54) is 0 Å². The molecule has 1 rings (SSSR count). The minimum absolute atomic E-state index is 0.322. The third kappa shape index (κ3) is 3.18. The average molecular weight is 230 g/mol. The van der Waals surface area contributed by atoms with Gasteiger partial charge >= 0.3 is 0 Å². The second-order valence-electron chi connectivity index (χ2n) is 3.39. The molecule has 84 valence electrons. The van der Waals surface area contributed by atoms with E-state index >= 15 is 0 Å². The standard InChI is InChI=1S/C11H16ClNO2/c12-6-5-10(14)11(15)9-4-2-1-3-8(9)7-13/h1-4,10-11,14-15H,5-7,13H2. The fourth-order valence-corrected chi connectivity index (χ4v) is 1.71. The van der Waals surface area contributed by atoms with Crippen LogP contribution in [0.15, 0.2) is 24.3 Å². The molecule has 0 aliphatic rings. The number of aliphatic hydroxyl groups is 2. The molecule has 2 atom stereocenters. The maximum atomic E-state index is 9.87. The monoisotopic (exact) mass is 229 g/mol. The predicted molar refractivity (Wildman–Crippen MR) is 60.6 cm³/mol. The SMILES string of the molecule is NCc1ccccc1C(O)C(O)CCCl. The zero-order valence-electron chi connectivity index (χ0n) is 8.44. The summed E-state index contributed by atoms with van der Waals surface area (Å²) >= 11 is 5.51. The largest absolute Gasteiger partial charge is 0.390 e. The van der Waals surface area contributed by atoms with Crippen molar-refractivity contribution in [3.8, 4) is 0 Å². The predicted octanol–water partition coefficient (Wildman–Crippen LogP) is 1.17. The maximum absolute atomic E-state index is 9.87. The van der Waals surface area contributed by atoms with Crippen LogP contribution in [0, 0.1) is 0 Å². The number of hydrogen-bond acceptors (Lipinski definition) is 3. The Labute approximate surface area is 94.5 Å². The molecule has 0 radical (unpaired) electrons. The van der Waals surface area contributed by atoms with Gasteiger partial charge in [-0.25, -0.2) is 0 Å². The van der Waals surface area contributed by atoms with Gasteiger partial charge in [0.15, 0.2) is 0 Å². The smallest absolute Gasteiger partial charge is 0.105 e. The maximum Gasteiger partial charge on any atom is 0.105 e.